The number of hydrogen-bond donors (Lipinski definition) is 1. The van der Waals surface area contributed by atoms with Gasteiger partial charge < -0.3 is 9.84 Å². The summed E-state index contributed by atoms with van der Waals surface area (Å²) in [5.41, 5.74) is 1.15. The molecule has 0 aliphatic heterocycles. The zero-order valence-electron chi connectivity index (χ0n) is 17.7. The molecule has 27 heavy (non-hydrogen) atoms. The van der Waals surface area contributed by atoms with Gasteiger partial charge in [0.05, 0.1) is 18.8 Å². The summed E-state index contributed by atoms with van der Waals surface area (Å²) >= 11 is 0. The van der Waals surface area contributed by atoms with Crippen LogP contribution in [0.2, 0.25) is 0 Å². The summed E-state index contributed by atoms with van der Waals surface area (Å²) in [6.07, 6.45) is 14.6. The summed E-state index contributed by atoms with van der Waals surface area (Å²) in [4.78, 5) is 0. The standard InChI is InChI=1S/C25H42O2/c1-4-16-25(27-21-23-18-13-11-14-19-23)24(26)20-15-10-8-6-5-7-9-12-17-22(2)3/h4,11,13-14,18-19,22,24-26H,1,5-10,12,15-17,20-21H2,2-3H3/t24-,25+/m1/s1. The number of benzene rings is 1. The largest absolute Gasteiger partial charge is 0.390 e. The van der Waals surface area contributed by atoms with Crippen LogP contribution in [0.15, 0.2) is 43.0 Å². The van der Waals surface area contributed by atoms with E-state index in [0.717, 1.165) is 24.3 Å². The van der Waals surface area contributed by atoms with E-state index in [4.69, 9.17) is 4.74 Å². The van der Waals surface area contributed by atoms with Crippen LogP contribution in [-0.2, 0) is 11.3 Å². The van der Waals surface area contributed by atoms with E-state index in [0.29, 0.717) is 13.0 Å². The first kappa shape index (κ1) is 23.9. The molecule has 0 spiro atoms. The van der Waals surface area contributed by atoms with Crippen molar-refractivity contribution in [1.82, 2.24) is 0 Å². The van der Waals surface area contributed by atoms with Crippen LogP contribution in [0.25, 0.3) is 0 Å². The monoisotopic (exact) mass is 374 g/mol. The molecule has 0 amide bonds. The van der Waals surface area contributed by atoms with Crippen LogP contribution < -0.4 is 0 Å². The number of ether oxygens (including phenoxy) is 1. The van der Waals surface area contributed by atoms with E-state index < -0.39 is 6.10 Å². The quantitative estimate of drug-likeness (QED) is 0.233. The molecule has 1 N–H and O–H groups in total. The van der Waals surface area contributed by atoms with Gasteiger partial charge in [0.2, 0.25) is 0 Å². The minimum absolute atomic E-state index is 0.149. The minimum atomic E-state index is -0.400. The lowest BCUT2D eigenvalue weighted by Gasteiger charge is -2.22. The predicted molar refractivity (Wildman–Crippen MR) is 117 cm³/mol. The van der Waals surface area contributed by atoms with Gasteiger partial charge in [-0.05, 0) is 24.3 Å². The predicted octanol–water partition coefficient (Wildman–Crippen LogP) is 7.07. The van der Waals surface area contributed by atoms with Crippen molar-refractivity contribution in [2.75, 3.05) is 0 Å². The topological polar surface area (TPSA) is 29.5 Å². The number of rotatable bonds is 17. The van der Waals surface area contributed by atoms with Gasteiger partial charge in [0.1, 0.15) is 0 Å². The summed E-state index contributed by atoms with van der Waals surface area (Å²) < 4.78 is 5.96. The Morgan fingerprint density at radius 1 is 0.889 bits per heavy atom. The van der Waals surface area contributed by atoms with E-state index in [1.54, 1.807) is 0 Å². The molecule has 0 radical (unpaired) electrons. The van der Waals surface area contributed by atoms with Crippen LogP contribution in [-0.4, -0.2) is 17.3 Å². The van der Waals surface area contributed by atoms with Crippen molar-refractivity contribution < 1.29 is 9.84 Å². The fourth-order valence-corrected chi connectivity index (χ4v) is 3.43. The maximum atomic E-state index is 10.5. The first-order valence-corrected chi connectivity index (χ1v) is 11.1. The van der Waals surface area contributed by atoms with Crippen LogP contribution in [0.5, 0.6) is 0 Å². The van der Waals surface area contributed by atoms with Crippen LogP contribution in [0.3, 0.4) is 0 Å². The Morgan fingerprint density at radius 2 is 1.44 bits per heavy atom. The Balaban J connectivity index is 2.08. The minimum Gasteiger partial charge on any atom is -0.390 e. The average Bonchev–Trinajstić information content (AvgIpc) is 2.67. The van der Waals surface area contributed by atoms with Gasteiger partial charge in [-0.2, -0.15) is 0 Å². The van der Waals surface area contributed by atoms with Gasteiger partial charge in [-0.25, -0.2) is 0 Å². The zero-order chi connectivity index (χ0) is 19.7. The van der Waals surface area contributed by atoms with E-state index >= 15 is 0 Å². The number of hydrogen-bond acceptors (Lipinski definition) is 2. The molecule has 0 aliphatic carbocycles. The van der Waals surface area contributed by atoms with Crippen molar-refractivity contribution in [3.05, 3.63) is 48.6 Å². The van der Waals surface area contributed by atoms with Gasteiger partial charge in [-0.15, -0.1) is 6.58 Å². The first-order valence-electron chi connectivity index (χ1n) is 11.1. The number of aliphatic hydroxyl groups excluding tert-OH is 1. The van der Waals surface area contributed by atoms with Gasteiger partial charge >= 0.3 is 0 Å². The highest BCUT2D eigenvalue weighted by Crippen LogP contribution is 2.17. The van der Waals surface area contributed by atoms with E-state index in [1.807, 2.05) is 24.3 Å². The van der Waals surface area contributed by atoms with Gasteiger partial charge in [0.15, 0.2) is 0 Å². The molecule has 1 aromatic rings. The molecule has 0 aliphatic rings. The van der Waals surface area contributed by atoms with Gasteiger partial charge in [-0.1, -0.05) is 108 Å². The molecular weight excluding hydrogens is 332 g/mol. The Kier molecular flexibility index (Phi) is 14.1. The first-order chi connectivity index (χ1) is 13.1. The molecule has 0 aromatic heterocycles. The van der Waals surface area contributed by atoms with Crippen LogP contribution in [0.1, 0.15) is 90.0 Å². The molecular formula is C25H42O2. The molecule has 0 saturated heterocycles. The van der Waals surface area contributed by atoms with Gasteiger partial charge in [0.25, 0.3) is 0 Å². The third-order valence-electron chi connectivity index (χ3n) is 5.17. The van der Waals surface area contributed by atoms with E-state index in [1.165, 1.54) is 51.4 Å². The van der Waals surface area contributed by atoms with E-state index in [9.17, 15) is 5.11 Å². The Labute approximate surface area is 168 Å². The summed E-state index contributed by atoms with van der Waals surface area (Å²) in [6.45, 7) is 8.97. The summed E-state index contributed by atoms with van der Waals surface area (Å²) in [7, 11) is 0. The molecule has 0 heterocycles. The normalized spacial score (nSPS) is 13.6. The zero-order valence-corrected chi connectivity index (χ0v) is 17.7. The second-order valence-electron chi connectivity index (χ2n) is 8.23. The SMILES string of the molecule is C=CC[C@H](OCc1ccccc1)[C@H](O)CCCCCCCCCCC(C)C. The molecule has 1 rings (SSSR count). The van der Waals surface area contributed by atoms with Crippen LogP contribution in [0, 0.1) is 5.92 Å². The lowest BCUT2D eigenvalue weighted by Crippen LogP contribution is -2.28. The van der Waals surface area contributed by atoms with Crippen molar-refractivity contribution in [3.8, 4) is 0 Å². The highest BCUT2D eigenvalue weighted by atomic mass is 16.5. The van der Waals surface area contributed by atoms with Crippen molar-refractivity contribution in [2.45, 2.75) is 103 Å². The molecule has 2 heteroatoms. The molecule has 2 nitrogen and oxygen atoms in total. The maximum Gasteiger partial charge on any atom is 0.0872 e. The van der Waals surface area contributed by atoms with Gasteiger partial charge in [0, 0.05) is 0 Å². The van der Waals surface area contributed by atoms with E-state index in [-0.39, 0.29) is 6.10 Å². The fraction of sp³-hybridized carbons (Fsp3) is 0.680. The second-order valence-corrected chi connectivity index (χ2v) is 8.23. The summed E-state index contributed by atoms with van der Waals surface area (Å²) in [5.74, 6) is 0.845. The molecule has 0 unspecified atom stereocenters. The smallest absolute Gasteiger partial charge is 0.0872 e. The van der Waals surface area contributed by atoms with Crippen molar-refractivity contribution in [3.63, 3.8) is 0 Å². The number of unbranched alkanes of at least 4 members (excludes halogenated alkanes) is 7. The lowest BCUT2D eigenvalue weighted by atomic mass is 10.0. The van der Waals surface area contributed by atoms with Crippen LogP contribution >= 0.6 is 0 Å². The molecule has 0 fully saturated rings. The lowest BCUT2D eigenvalue weighted by molar-refractivity contribution is -0.0473. The second kappa shape index (κ2) is 15.9. The average molecular weight is 375 g/mol. The third-order valence-corrected chi connectivity index (χ3v) is 5.17. The fourth-order valence-electron chi connectivity index (χ4n) is 3.43. The molecule has 1 aromatic carbocycles. The maximum absolute atomic E-state index is 10.5. The Hall–Kier alpha value is -1.12. The van der Waals surface area contributed by atoms with Crippen molar-refractivity contribution in [1.29, 1.82) is 0 Å². The van der Waals surface area contributed by atoms with Crippen molar-refractivity contribution >= 4 is 0 Å². The molecule has 0 saturated carbocycles. The summed E-state index contributed by atoms with van der Waals surface area (Å²) in [5, 5.41) is 10.5. The van der Waals surface area contributed by atoms with E-state index in [2.05, 4.69) is 32.6 Å². The van der Waals surface area contributed by atoms with Crippen molar-refractivity contribution in [2.24, 2.45) is 5.92 Å². The third kappa shape index (κ3) is 12.8. The molecule has 2 atom stereocenters. The Morgan fingerprint density at radius 3 is 2.00 bits per heavy atom. The summed E-state index contributed by atoms with van der Waals surface area (Å²) in [6, 6.07) is 10.1. The van der Waals surface area contributed by atoms with Gasteiger partial charge in [-0.3, -0.25) is 0 Å². The number of aliphatic hydroxyl groups is 1. The highest BCUT2D eigenvalue weighted by Gasteiger charge is 2.18. The molecule has 0 bridgehead atoms. The molecule has 154 valence electrons. The van der Waals surface area contributed by atoms with Crippen LogP contribution in [0.4, 0.5) is 0 Å². The highest BCUT2D eigenvalue weighted by molar-refractivity contribution is 5.13. The Bertz CT molecular complexity index is 455.